The van der Waals surface area contributed by atoms with Crippen molar-refractivity contribution in [2.24, 2.45) is 17.8 Å². The molecule has 4 nitrogen and oxygen atoms in total. The van der Waals surface area contributed by atoms with Gasteiger partial charge in [0.15, 0.2) is 0 Å². The molecule has 0 aliphatic heterocycles. The summed E-state index contributed by atoms with van der Waals surface area (Å²) in [6.45, 7) is 0. The molecule has 3 fully saturated rings. The molecule has 0 aromatic carbocycles. The van der Waals surface area contributed by atoms with Crippen molar-refractivity contribution in [3.63, 3.8) is 0 Å². The molecule has 24 heavy (non-hydrogen) atoms. The van der Waals surface area contributed by atoms with Crippen LogP contribution in [0.4, 0.5) is 19.0 Å². The quantitative estimate of drug-likeness (QED) is 0.648. The van der Waals surface area contributed by atoms with Gasteiger partial charge in [0.25, 0.3) is 0 Å². The van der Waals surface area contributed by atoms with Crippen LogP contribution in [-0.2, 0) is 15.7 Å². The molecule has 8 heteroatoms. The Morgan fingerprint density at radius 3 is 2.46 bits per heavy atom. The van der Waals surface area contributed by atoms with Crippen LogP contribution in [0.2, 0.25) is 5.15 Å². The predicted octanol–water partition coefficient (Wildman–Crippen LogP) is 4.14. The fourth-order valence-corrected chi connectivity index (χ4v) is 4.25. The standard InChI is InChI=1S/C16H18ClF3N2O2/c1-24-15(23)13-8-2-4-9(5-3-8)14(13)22-12-7-10(16(18,19)20)6-11(17)21-12/h6-9,13-14H,2-5H2,1H3,(H,21,22). The normalized spacial score (nSPS) is 29.4. The van der Waals surface area contributed by atoms with Gasteiger partial charge < -0.3 is 10.1 Å². The number of nitrogens with one attached hydrogen (secondary N) is 1. The first kappa shape index (κ1) is 17.3. The number of hydrogen-bond acceptors (Lipinski definition) is 4. The number of rotatable bonds is 3. The van der Waals surface area contributed by atoms with Crippen LogP contribution in [0.25, 0.3) is 0 Å². The summed E-state index contributed by atoms with van der Waals surface area (Å²) in [6, 6.07) is 1.44. The third-order valence-electron chi connectivity index (χ3n) is 5.13. The zero-order valence-corrected chi connectivity index (χ0v) is 13.8. The lowest BCUT2D eigenvalue weighted by atomic mass is 9.61. The number of halogens is 4. The molecule has 3 aliphatic carbocycles. The van der Waals surface area contributed by atoms with Gasteiger partial charge >= 0.3 is 12.1 Å². The van der Waals surface area contributed by atoms with Gasteiger partial charge in [-0.2, -0.15) is 13.2 Å². The van der Waals surface area contributed by atoms with E-state index in [2.05, 4.69) is 10.3 Å². The number of anilines is 1. The van der Waals surface area contributed by atoms with E-state index in [-0.39, 0.29) is 40.7 Å². The number of pyridine rings is 1. The first-order valence-corrected chi connectivity index (χ1v) is 8.26. The van der Waals surface area contributed by atoms with Gasteiger partial charge in [-0.25, -0.2) is 4.98 Å². The molecule has 132 valence electrons. The summed E-state index contributed by atoms with van der Waals surface area (Å²) in [5.41, 5.74) is -0.861. The number of nitrogens with zero attached hydrogens (tertiary/aromatic N) is 1. The SMILES string of the molecule is COC(=O)C1C2CCC(CC2)C1Nc1cc(C(F)(F)F)cc(Cl)n1. The van der Waals surface area contributed by atoms with Gasteiger partial charge in [-0.15, -0.1) is 0 Å². The van der Waals surface area contributed by atoms with Crippen LogP contribution < -0.4 is 5.32 Å². The lowest BCUT2D eigenvalue weighted by molar-refractivity contribution is -0.152. The molecule has 1 N–H and O–H groups in total. The molecule has 0 saturated heterocycles. The van der Waals surface area contributed by atoms with Crippen molar-refractivity contribution in [3.8, 4) is 0 Å². The minimum Gasteiger partial charge on any atom is -0.469 e. The third kappa shape index (κ3) is 3.31. The molecule has 4 rings (SSSR count). The number of carbonyl (C=O) groups excluding carboxylic acids is 1. The smallest absolute Gasteiger partial charge is 0.416 e. The minimum absolute atomic E-state index is 0.0429. The highest BCUT2D eigenvalue weighted by atomic mass is 35.5. The fraction of sp³-hybridized carbons (Fsp3) is 0.625. The Hall–Kier alpha value is -1.50. The van der Waals surface area contributed by atoms with E-state index >= 15 is 0 Å². The van der Waals surface area contributed by atoms with Crippen molar-refractivity contribution in [3.05, 3.63) is 22.8 Å². The third-order valence-corrected chi connectivity index (χ3v) is 5.32. The Morgan fingerprint density at radius 1 is 1.25 bits per heavy atom. The van der Waals surface area contributed by atoms with Gasteiger partial charge in [0.05, 0.1) is 18.6 Å². The maximum absolute atomic E-state index is 12.9. The summed E-state index contributed by atoms with van der Waals surface area (Å²) in [6.07, 6.45) is -0.722. The van der Waals surface area contributed by atoms with Crippen LogP contribution >= 0.6 is 11.6 Å². The van der Waals surface area contributed by atoms with Crippen molar-refractivity contribution in [2.75, 3.05) is 12.4 Å². The summed E-state index contributed by atoms with van der Waals surface area (Å²) < 4.78 is 43.7. The molecular formula is C16H18ClF3N2O2. The largest absolute Gasteiger partial charge is 0.469 e. The van der Waals surface area contributed by atoms with E-state index in [9.17, 15) is 18.0 Å². The van der Waals surface area contributed by atoms with Crippen molar-refractivity contribution >= 4 is 23.4 Å². The summed E-state index contributed by atoms with van der Waals surface area (Å²) >= 11 is 5.74. The minimum atomic E-state index is -4.50. The van der Waals surface area contributed by atoms with E-state index in [1.54, 1.807) is 0 Å². The molecule has 1 aromatic heterocycles. The van der Waals surface area contributed by atoms with E-state index < -0.39 is 11.7 Å². The molecule has 3 aliphatic rings. The number of alkyl halides is 3. The molecular weight excluding hydrogens is 345 g/mol. The second kappa shape index (κ2) is 6.43. The van der Waals surface area contributed by atoms with Crippen molar-refractivity contribution in [1.82, 2.24) is 4.98 Å². The van der Waals surface area contributed by atoms with Crippen molar-refractivity contribution < 1.29 is 22.7 Å². The molecule has 2 atom stereocenters. The lowest BCUT2D eigenvalue weighted by Crippen LogP contribution is -2.51. The number of carbonyl (C=O) groups is 1. The Balaban J connectivity index is 1.88. The second-order valence-electron chi connectivity index (χ2n) is 6.46. The van der Waals surface area contributed by atoms with E-state index in [1.165, 1.54) is 7.11 Å². The highest BCUT2D eigenvalue weighted by molar-refractivity contribution is 6.29. The van der Waals surface area contributed by atoms with Gasteiger partial charge in [-0.3, -0.25) is 4.79 Å². The monoisotopic (exact) mass is 362 g/mol. The fourth-order valence-electron chi connectivity index (χ4n) is 4.04. The molecule has 1 heterocycles. The maximum atomic E-state index is 12.9. The van der Waals surface area contributed by atoms with Crippen molar-refractivity contribution in [2.45, 2.75) is 37.9 Å². The van der Waals surface area contributed by atoms with Crippen LogP contribution in [0.1, 0.15) is 31.2 Å². The van der Waals surface area contributed by atoms with Crippen LogP contribution in [0.15, 0.2) is 12.1 Å². The summed E-state index contributed by atoms with van der Waals surface area (Å²) in [5, 5.41) is 2.80. The zero-order chi connectivity index (χ0) is 17.5. The average Bonchev–Trinajstić information content (AvgIpc) is 2.54. The Morgan fingerprint density at radius 2 is 1.88 bits per heavy atom. The first-order valence-electron chi connectivity index (χ1n) is 7.88. The molecule has 0 amide bonds. The van der Waals surface area contributed by atoms with Gasteiger partial charge in [0.1, 0.15) is 11.0 Å². The van der Waals surface area contributed by atoms with E-state index in [0.717, 1.165) is 37.8 Å². The maximum Gasteiger partial charge on any atom is 0.416 e. The summed E-state index contributed by atoms with van der Waals surface area (Å²) in [7, 11) is 1.33. The molecule has 1 aromatic rings. The van der Waals surface area contributed by atoms with Crippen LogP contribution in [0, 0.1) is 17.8 Å². The average molecular weight is 363 g/mol. The first-order chi connectivity index (χ1) is 11.3. The molecule has 2 bridgehead atoms. The number of hydrogen-bond donors (Lipinski definition) is 1. The summed E-state index contributed by atoms with van der Waals surface area (Å²) in [5.74, 6) is -0.227. The van der Waals surface area contributed by atoms with E-state index in [0.29, 0.717) is 0 Å². The lowest BCUT2D eigenvalue weighted by Gasteiger charge is -2.47. The predicted molar refractivity (Wildman–Crippen MR) is 82.6 cm³/mol. The number of fused-ring (bicyclic) bond motifs is 3. The topological polar surface area (TPSA) is 51.2 Å². The van der Waals surface area contributed by atoms with E-state index in [4.69, 9.17) is 16.3 Å². The Labute approximate surface area is 142 Å². The molecule has 0 radical (unpaired) electrons. The highest BCUT2D eigenvalue weighted by Gasteiger charge is 2.48. The zero-order valence-electron chi connectivity index (χ0n) is 13.1. The number of methoxy groups -OCH3 is 1. The molecule has 3 saturated carbocycles. The Bertz CT molecular complexity index is 630. The van der Waals surface area contributed by atoms with Crippen LogP contribution in [0.5, 0.6) is 0 Å². The molecule has 0 spiro atoms. The highest BCUT2D eigenvalue weighted by Crippen LogP contribution is 2.46. The van der Waals surface area contributed by atoms with Crippen LogP contribution in [-0.4, -0.2) is 24.1 Å². The van der Waals surface area contributed by atoms with Gasteiger partial charge in [0.2, 0.25) is 0 Å². The van der Waals surface area contributed by atoms with Gasteiger partial charge in [-0.1, -0.05) is 11.6 Å². The second-order valence-corrected chi connectivity index (χ2v) is 6.84. The Kier molecular flexibility index (Phi) is 4.64. The van der Waals surface area contributed by atoms with Crippen molar-refractivity contribution in [1.29, 1.82) is 0 Å². The number of esters is 1. The number of ether oxygens (including phenoxy) is 1. The number of aromatic nitrogens is 1. The summed E-state index contributed by atoms with van der Waals surface area (Å²) in [4.78, 5) is 16.1. The van der Waals surface area contributed by atoms with Gasteiger partial charge in [-0.05, 0) is 49.7 Å². The van der Waals surface area contributed by atoms with Crippen LogP contribution in [0.3, 0.4) is 0 Å². The molecule has 2 unspecified atom stereocenters. The van der Waals surface area contributed by atoms with E-state index in [1.807, 2.05) is 0 Å². The van der Waals surface area contributed by atoms with Gasteiger partial charge in [0, 0.05) is 6.04 Å².